The Morgan fingerprint density at radius 3 is 2.80 bits per heavy atom. The van der Waals surface area contributed by atoms with E-state index in [2.05, 4.69) is 12.2 Å². The van der Waals surface area contributed by atoms with Crippen LogP contribution in [0, 0.1) is 5.92 Å². The number of unbranched alkanes of at least 4 members (excludes halogenated alkanes) is 1. The van der Waals surface area contributed by atoms with Gasteiger partial charge in [-0.05, 0) is 25.8 Å². The standard InChI is InChI=1S/C11H23N3O/c1-3-4-5-9-6-10(13-2)8-14(7-9)11(12)15/h9-10,13H,3-8H2,1-2H3,(H2,12,15). The van der Waals surface area contributed by atoms with Crippen molar-refractivity contribution in [2.24, 2.45) is 11.7 Å². The molecule has 15 heavy (non-hydrogen) atoms. The zero-order valence-corrected chi connectivity index (χ0v) is 9.83. The lowest BCUT2D eigenvalue weighted by Crippen LogP contribution is -2.52. The zero-order chi connectivity index (χ0) is 11.3. The summed E-state index contributed by atoms with van der Waals surface area (Å²) in [5.74, 6) is 0.614. The monoisotopic (exact) mass is 213 g/mol. The number of carbonyl (C=O) groups is 1. The van der Waals surface area contributed by atoms with Gasteiger partial charge in [-0.1, -0.05) is 19.8 Å². The number of nitrogens with zero attached hydrogens (tertiary/aromatic N) is 1. The molecule has 0 aliphatic carbocycles. The largest absolute Gasteiger partial charge is 0.351 e. The zero-order valence-electron chi connectivity index (χ0n) is 9.83. The Kier molecular flexibility index (Phi) is 4.88. The molecule has 0 spiro atoms. The molecule has 2 unspecified atom stereocenters. The highest BCUT2D eigenvalue weighted by Crippen LogP contribution is 2.21. The number of primary amides is 1. The van der Waals surface area contributed by atoms with Gasteiger partial charge >= 0.3 is 6.03 Å². The summed E-state index contributed by atoms with van der Waals surface area (Å²) in [5.41, 5.74) is 5.33. The van der Waals surface area contributed by atoms with Crippen LogP contribution in [0.2, 0.25) is 0 Å². The molecule has 88 valence electrons. The third-order valence-electron chi connectivity index (χ3n) is 3.22. The van der Waals surface area contributed by atoms with Crippen LogP contribution in [0.1, 0.15) is 32.6 Å². The molecule has 1 saturated heterocycles. The average Bonchev–Trinajstić information content (AvgIpc) is 2.25. The summed E-state index contributed by atoms with van der Waals surface area (Å²) < 4.78 is 0. The third kappa shape index (κ3) is 3.70. The first-order chi connectivity index (χ1) is 7.17. The van der Waals surface area contributed by atoms with Crippen LogP contribution in [0.4, 0.5) is 4.79 Å². The molecule has 3 N–H and O–H groups in total. The van der Waals surface area contributed by atoms with Crippen LogP contribution in [0.25, 0.3) is 0 Å². The summed E-state index contributed by atoms with van der Waals surface area (Å²) in [5, 5.41) is 3.25. The number of hydrogen-bond donors (Lipinski definition) is 2. The van der Waals surface area contributed by atoms with Gasteiger partial charge < -0.3 is 16.0 Å². The second-order valence-electron chi connectivity index (χ2n) is 4.47. The number of nitrogens with two attached hydrogens (primary N) is 1. The van der Waals surface area contributed by atoms with E-state index in [4.69, 9.17) is 5.73 Å². The van der Waals surface area contributed by atoms with Crippen molar-refractivity contribution in [3.63, 3.8) is 0 Å². The Morgan fingerprint density at radius 1 is 1.53 bits per heavy atom. The van der Waals surface area contributed by atoms with Crippen LogP contribution in [-0.2, 0) is 0 Å². The van der Waals surface area contributed by atoms with Gasteiger partial charge in [-0.3, -0.25) is 0 Å². The fourth-order valence-electron chi connectivity index (χ4n) is 2.29. The summed E-state index contributed by atoms with van der Waals surface area (Å²) in [6.45, 7) is 3.80. The molecule has 0 aromatic carbocycles. The molecule has 0 bridgehead atoms. The number of rotatable bonds is 4. The summed E-state index contributed by atoms with van der Waals surface area (Å²) in [6, 6.07) is 0.129. The van der Waals surface area contributed by atoms with Gasteiger partial charge in [0.05, 0.1) is 0 Å². The molecular weight excluding hydrogens is 190 g/mol. The Labute approximate surface area is 92.2 Å². The lowest BCUT2D eigenvalue weighted by Gasteiger charge is -2.36. The first kappa shape index (κ1) is 12.3. The molecular formula is C11H23N3O. The van der Waals surface area contributed by atoms with Gasteiger partial charge in [0, 0.05) is 19.1 Å². The molecule has 2 atom stereocenters. The number of nitrogens with one attached hydrogen (secondary N) is 1. The highest BCUT2D eigenvalue weighted by molar-refractivity contribution is 5.72. The molecule has 1 aliphatic heterocycles. The minimum Gasteiger partial charge on any atom is -0.351 e. The van der Waals surface area contributed by atoms with Crippen molar-refractivity contribution in [3.8, 4) is 0 Å². The van der Waals surface area contributed by atoms with Gasteiger partial charge in [-0.15, -0.1) is 0 Å². The van der Waals surface area contributed by atoms with Gasteiger partial charge in [-0.25, -0.2) is 4.79 Å². The second-order valence-corrected chi connectivity index (χ2v) is 4.47. The van der Waals surface area contributed by atoms with Gasteiger partial charge in [0.15, 0.2) is 0 Å². The van der Waals surface area contributed by atoms with E-state index in [1.54, 1.807) is 4.90 Å². The smallest absolute Gasteiger partial charge is 0.314 e. The van der Waals surface area contributed by atoms with Crippen molar-refractivity contribution in [2.45, 2.75) is 38.6 Å². The number of amides is 2. The van der Waals surface area contributed by atoms with E-state index in [-0.39, 0.29) is 6.03 Å². The maximum atomic E-state index is 11.2. The van der Waals surface area contributed by atoms with Crippen LogP contribution in [0.3, 0.4) is 0 Å². The van der Waals surface area contributed by atoms with E-state index in [0.717, 1.165) is 13.1 Å². The van der Waals surface area contributed by atoms with Crippen molar-refractivity contribution in [3.05, 3.63) is 0 Å². The fourth-order valence-corrected chi connectivity index (χ4v) is 2.29. The summed E-state index contributed by atoms with van der Waals surface area (Å²) in [6.07, 6.45) is 4.84. The van der Waals surface area contributed by atoms with E-state index in [9.17, 15) is 4.79 Å². The van der Waals surface area contributed by atoms with Gasteiger partial charge in [0.25, 0.3) is 0 Å². The predicted octanol–water partition coefficient (Wildman–Crippen LogP) is 1.17. The van der Waals surface area contributed by atoms with Gasteiger partial charge in [-0.2, -0.15) is 0 Å². The maximum Gasteiger partial charge on any atom is 0.314 e. The Balaban J connectivity index is 2.47. The van der Waals surface area contributed by atoms with Gasteiger partial charge in [0.2, 0.25) is 0 Å². The van der Waals surface area contributed by atoms with Crippen molar-refractivity contribution in [1.82, 2.24) is 10.2 Å². The highest BCUT2D eigenvalue weighted by atomic mass is 16.2. The molecule has 4 heteroatoms. The highest BCUT2D eigenvalue weighted by Gasteiger charge is 2.27. The Morgan fingerprint density at radius 2 is 2.27 bits per heavy atom. The van der Waals surface area contributed by atoms with E-state index in [0.29, 0.717) is 12.0 Å². The topological polar surface area (TPSA) is 58.4 Å². The van der Waals surface area contributed by atoms with Crippen molar-refractivity contribution in [2.75, 3.05) is 20.1 Å². The number of hydrogen-bond acceptors (Lipinski definition) is 2. The Hall–Kier alpha value is -0.770. The molecule has 1 aliphatic rings. The third-order valence-corrected chi connectivity index (χ3v) is 3.22. The molecule has 2 amide bonds. The van der Waals surface area contributed by atoms with E-state index in [1.807, 2.05) is 7.05 Å². The van der Waals surface area contributed by atoms with Crippen LogP contribution in [0.5, 0.6) is 0 Å². The Bertz CT molecular complexity index is 208. The van der Waals surface area contributed by atoms with Crippen molar-refractivity contribution in [1.29, 1.82) is 0 Å². The lowest BCUT2D eigenvalue weighted by molar-refractivity contribution is 0.150. The molecule has 1 rings (SSSR count). The maximum absolute atomic E-state index is 11.2. The van der Waals surface area contributed by atoms with Gasteiger partial charge in [0.1, 0.15) is 0 Å². The molecule has 0 saturated carbocycles. The first-order valence-corrected chi connectivity index (χ1v) is 5.89. The van der Waals surface area contributed by atoms with Crippen LogP contribution in [0.15, 0.2) is 0 Å². The molecule has 0 aromatic rings. The fraction of sp³-hybridized carbons (Fsp3) is 0.909. The minimum absolute atomic E-state index is 0.281. The number of likely N-dealkylation sites (tertiary alicyclic amines) is 1. The molecule has 1 fully saturated rings. The number of urea groups is 1. The second kappa shape index (κ2) is 5.95. The first-order valence-electron chi connectivity index (χ1n) is 5.89. The van der Waals surface area contributed by atoms with Crippen LogP contribution in [-0.4, -0.2) is 37.1 Å². The summed E-state index contributed by atoms with van der Waals surface area (Å²) in [4.78, 5) is 12.9. The molecule has 0 aromatic heterocycles. The van der Waals surface area contributed by atoms with E-state index >= 15 is 0 Å². The van der Waals surface area contributed by atoms with Crippen LogP contribution < -0.4 is 11.1 Å². The SMILES string of the molecule is CCCCC1CC(NC)CN(C(N)=O)C1. The predicted molar refractivity (Wildman–Crippen MR) is 61.6 cm³/mol. The van der Waals surface area contributed by atoms with E-state index in [1.165, 1.54) is 25.7 Å². The molecule has 1 heterocycles. The lowest BCUT2D eigenvalue weighted by atomic mass is 9.90. The summed E-state index contributed by atoms with van der Waals surface area (Å²) >= 11 is 0. The number of likely N-dealkylation sites (N-methyl/N-ethyl adjacent to an activating group) is 1. The van der Waals surface area contributed by atoms with E-state index < -0.39 is 0 Å². The molecule has 0 radical (unpaired) electrons. The molecule has 4 nitrogen and oxygen atoms in total. The quantitative estimate of drug-likeness (QED) is 0.736. The van der Waals surface area contributed by atoms with Crippen molar-refractivity contribution < 1.29 is 4.79 Å². The minimum atomic E-state index is -0.281. The number of carbonyl (C=O) groups excluding carboxylic acids is 1. The van der Waals surface area contributed by atoms with Crippen LogP contribution >= 0.6 is 0 Å². The summed E-state index contributed by atoms with van der Waals surface area (Å²) in [7, 11) is 1.95. The number of piperidine rings is 1. The average molecular weight is 213 g/mol. The normalized spacial score (nSPS) is 26.7. The van der Waals surface area contributed by atoms with Crippen molar-refractivity contribution >= 4 is 6.03 Å².